The Morgan fingerprint density at radius 2 is 1.33 bits per heavy atom. The lowest BCUT2D eigenvalue weighted by molar-refractivity contribution is -0.141. The molecule has 12 heavy (non-hydrogen) atoms. The van der Waals surface area contributed by atoms with Gasteiger partial charge >= 0.3 is 11.9 Å². The number of hydrogen-bond donors (Lipinski definition) is 2. The van der Waals surface area contributed by atoms with Crippen molar-refractivity contribution in [3.63, 3.8) is 0 Å². The lowest BCUT2D eigenvalue weighted by Gasteiger charge is -2.09. The van der Waals surface area contributed by atoms with Gasteiger partial charge in [-0.25, -0.2) is 9.59 Å². The largest absolute Gasteiger partial charge is 0.475 e. The average molecular weight is 172 g/mol. The van der Waals surface area contributed by atoms with Crippen molar-refractivity contribution in [3.05, 3.63) is 24.0 Å². The number of carboxylic acid groups (broad SMARTS) is 2. The molecule has 0 saturated heterocycles. The second-order valence-corrected chi connectivity index (χ2v) is 1.78. The molecule has 1 aliphatic heterocycles. The SMILES string of the molecule is O=C(O)C1=C(C(=O)O)OC=CO1. The summed E-state index contributed by atoms with van der Waals surface area (Å²) in [5.41, 5.74) is 0. The first-order valence-corrected chi connectivity index (χ1v) is 2.82. The van der Waals surface area contributed by atoms with E-state index >= 15 is 0 Å². The molecule has 6 heteroatoms. The minimum Gasteiger partial charge on any atom is -0.475 e. The second kappa shape index (κ2) is 2.95. The van der Waals surface area contributed by atoms with E-state index in [4.69, 9.17) is 10.2 Å². The van der Waals surface area contributed by atoms with Gasteiger partial charge in [-0.1, -0.05) is 0 Å². The first-order chi connectivity index (χ1) is 5.63. The predicted molar refractivity (Wildman–Crippen MR) is 33.6 cm³/mol. The maximum absolute atomic E-state index is 10.3. The fraction of sp³-hybridized carbons (Fsp3) is 0. The summed E-state index contributed by atoms with van der Waals surface area (Å²) in [4.78, 5) is 20.6. The fourth-order valence-corrected chi connectivity index (χ4v) is 0.594. The molecule has 0 fully saturated rings. The van der Waals surface area contributed by atoms with Gasteiger partial charge in [-0.05, 0) is 0 Å². The molecule has 0 radical (unpaired) electrons. The van der Waals surface area contributed by atoms with Crippen molar-refractivity contribution in [2.75, 3.05) is 0 Å². The third kappa shape index (κ3) is 1.36. The van der Waals surface area contributed by atoms with E-state index in [0.29, 0.717) is 0 Å². The Labute approximate surface area is 66.3 Å². The van der Waals surface area contributed by atoms with Gasteiger partial charge in [0.1, 0.15) is 12.5 Å². The predicted octanol–water partition coefficient (Wildman–Crippen LogP) is -0.115. The molecule has 0 aromatic carbocycles. The van der Waals surface area contributed by atoms with Crippen molar-refractivity contribution in [2.24, 2.45) is 0 Å². The van der Waals surface area contributed by atoms with Gasteiger partial charge in [-0.15, -0.1) is 0 Å². The molecular formula is C6H4O6. The topological polar surface area (TPSA) is 93.1 Å². The van der Waals surface area contributed by atoms with E-state index in [-0.39, 0.29) is 0 Å². The van der Waals surface area contributed by atoms with Crippen LogP contribution in [0.25, 0.3) is 0 Å². The minimum absolute atomic E-state index is 0.731. The van der Waals surface area contributed by atoms with Crippen molar-refractivity contribution < 1.29 is 29.3 Å². The van der Waals surface area contributed by atoms with Crippen LogP contribution in [0.1, 0.15) is 0 Å². The Balaban J connectivity index is 3.01. The summed E-state index contributed by atoms with van der Waals surface area (Å²) in [7, 11) is 0. The summed E-state index contributed by atoms with van der Waals surface area (Å²) in [6.07, 6.45) is 1.88. The Kier molecular flexibility index (Phi) is 2.00. The van der Waals surface area contributed by atoms with Crippen LogP contribution < -0.4 is 0 Å². The van der Waals surface area contributed by atoms with Gasteiger partial charge in [0, 0.05) is 0 Å². The van der Waals surface area contributed by atoms with Gasteiger partial charge in [0.15, 0.2) is 0 Å². The number of carboxylic acids is 2. The zero-order valence-electron chi connectivity index (χ0n) is 5.68. The summed E-state index contributed by atoms with van der Waals surface area (Å²) in [5, 5.41) is 16.8. The van der Waals surface area contributed by atoms with Gasteiger partial charge in [-0.3, -0.25) is 0 Å². The van der Waals surface area contributed by atoms with Crippen molar-refractivity contribution in [1.29, 1.82) is 0 Å². The summed E-state index contributed by atoms with van der Waals surface area (Å²) in [6.45, 7) is 0. The lowest BCUT2D eigenvalue weighted by Crippen LogP contribution is -2.15. The molecule has 0 saturated carbocycles. The van der Waals surface area contributed by atoms with Crippen molar-refractivity contribution in [1.82, 2.24) is 0 Å². The van der Waals surface area contributed by atoms with Crippen molar-refractivity contribution >= 4 is 11.9 Å². The van der Waals surface area contributed by atoms with E-state index in [1.54, 1.807) is 0 Å². The molecule has 0 aromatic heterocycles. The number of hydrogen-bond acceptors (Lipinski definition) is 4. The van der Waals surface area contributed by atoms with Crippen LogP contribution in [0, 0.1) is 0 Å². The van der Waals surface area contributed by atoms with Gasteiger partial charge in [-0.2, -0.15) is 0 Å². The number of carbonyl (C=O) groups is 2. The smallest absolute Gasteiger partial charge is 0.376 e. The standard InChI is InChI=1S/C6H4O6/c7-5(8)3-4(6(9)10)12-2-1-11-3/h1-2H,(H,7,8)(H,9,10). The summed E-state index contributed by atoms with van der Waals surface area (Å²) in [5.74, 6) is -4.44. The molecule has 0 aromatic rings. The van der Waals surface area contributed by atoms with Crippen LogP contribution in [-0.2, 0) is 19.1 Å². The molecular weight excluding hydrogens is 168 g/mol. The summed E-state index contributed by atoms with van der Waals surface area (Å²) in [6, 6.07) is 0. The van der Waals surface area contributed by atoms with Crippen molar-refractivity contribution in [3.8, 4) is 0 Å². The Bertz CT molecular complexity index is 258. The van der Waals surface area contributed by atoms with Gasteiger partial charge in [0.25, 0.3) is 11.5 Å². The van der Waals surface area contributed by atoms with Crippen LogP contribution in [0.4, 0.5) is 0 Å². The molecule has 64 valence electrons. The highest BCUT2D eigenvalue weighted by atomic mass is 16.6. The normalized spacial score (nSPS) is 15.0. The molecule has 1 heterocycles. The molecule has 0 atom stereocenters. The van der Waals surface area contributed by atoms with Crippen LogP contribution in [0.2, 0.25) is 0 Å². The Morgan fingerprint density at radius 1 is 1.00 bits per heavy atom. The zero-order valence-corrected chi connectivity index (χ0v) is 5.68. The minimum atomic E-state index is -1.49. The quantitative estimate of drug-likeness (QED) is 0.603. The number of rotatable bonds is 2. The number of ether oxygens (including phenoxy) is 2. The Hall–Kier alpha value is -1.98. The fourth-order valence-electron chi connectivity index (χ4n) is 0.594. The maximum atomic E-state index is 10.3. The van der Waals surface area contributed by atoms with Crippen molar-refractivity contribution in [2.45, 2.75) is 0 Å². The maximum Gasteiger partial charge on any atom is 0.376 e. The van der Waals surface area contributed by atoms with Crippen LogP contribution in [0.15, 0.2) is 24.0 Å². The first-order valence-electron chi connectivity index (χ1n) is 2.82. The van der Waals surface area contributed by atoms with E-state index in [2.05, 4.69) is 9.47 Å². The van der Waals surface area contributed by atoms with Crippen LogP contribution >= 0.6 is 0 Å². The van der Waals surface area contributed by atoms with E-state index in [1.165, 1.54) is 0 Å². The van der Waals surface area contributed by atoms with Gasteiger partial charge in [0.2, 0.25) is 0 Å². The summed E-state index contributed by atoms with van der Waals surface area (Å²) < 4.78 is 8.81. The lowest BCUT2D eigenvalue weighted by atomic mass is 10.4. The Morgan fingerprint density at radius 3 is 1.58 bits per heavy atom. The third-order valence-corrected chi connectivity index (χ3v) is 1.02. The third-order valence-electron chi connectivity index (χ3n) is 1.02. The molecule has 0 bridgehead atoms. The average Bonchev–Trinajstić information content (AvgIpc) is 2.04. The molecule has 1 rings (SSSR count). The number of aliphatic carboxylic acids is 2. The highest BCUT2D eigenvalue weighted by Crippen LogP contribution is 2.14. The monoisotopic (exact) mass is 172 g/mol. The molecule has 0 spiro atoms. The molecule has 0 aliphatic carbocycles. The zero-order chi connectivity index (χ0) is 9.14. The first kappa shape index (κ1) is 8.12. The van der Waals surface area contributed by atoms with E-state index in [9.17, 15) is 9.59 Å². The molecule has 6 nitrogen and oxygen atoms in total. The molecule has 2 N–H and O–H groups in total. The van der Waals surface area contributed by atoms with Crippen LogP contribution in [0.5, 0.6) is 0 Å². The van der Waals surface area contributed by atoms with E-state index in [1.807, 2.05) is 0 Å². The molecule has 1 aliphatic rings. The van der Waals surface area contributed by atoms with Gasteiger partial charge < -0.3 is 19.7 Å². The molecule has 0 amide bonds. The second-order valence-electron chi connectivity index (χ2n) is 1.78. The highest BCUT2D eigenvalue weighted by Gasteiger charge is 2.25. The van der Waals surface area contributed by atoms with E-state index < -0.39 is 23.5 Å². The van der Waals surface area contributed by atoms with E-state index in [0.717, 1.165) is 12.5 Å². The highest BCUT2D eigenvalue weighted by molar-refractivity contribution is 5.96. The van der Waals surface area contributed by atoms with Crippen LogP contribution in [-0.4, -0.2) is 22.2 Å². The summed E-state index contributed by atoms with van der Waals surface area (Å²) >= 11 is 0. The van der Waals surface area contributed by atoms with Gasteiger partial charge in [0.05, 0.1) is 0 Å². The van der Waals surface area contributed by atoms with Crippen LogP contribution in [0.3, 0.4) is 0 Å². The molecule has 0 unspecified atom stereocenters.